The van der Waals surface area contributed by atoms with Gasteiger partial charge in [-0.05, 0) is 78.7 Å². The fourth-order valence-electron chi connectivity index (χ4n) is 5.63. The zero-order chi connectivity index (χ0) is 18.0. The summed E-state index contributed by atoms with van der Waals surface area (Å²) in [5.74, 6) is 4.20. The van der Waals surface area contributed by atoms with Crippen molar-refractivity contribution in [2.45, 2.75) is 44.3 Å². The van der Waals surface area contributed by atoms with Gasteiger partial charge in [-0.15, -0.1) is 0 Å². The molecule has 1 aromatic heterocycles. The summed E-state index contributed by atoms with van der Waals surface area (Å²) in [5, 5.41) is 10.1. The molecule has 4 aliphatic carbocycles. The fraction of sp³-hybridized carbons (Fsp3) is 0.700. The highest BCUT2D eigenvalue weighted by molar-refractivity contribution is 7.98. The summed E-state index contributed by atoms with van der Waals surface area (Å²) in [6.45, 7) is 0.774. The second-order valence-corrected chi connectivity index (χ2v) is 10.3. The third-order valence-corrected chi connectivity index (χ3v) is 8.11. The van der Waals surface area contributed by atoms with Gasteiger partial charge in [0.05, 0.1) is 6.54 Å². The number of nitrogens with one attached hydrogen (secondary N) is 2. The van der Waals surface area contributed by atoms with Gasteiger partial charge in [0.15, 0.2) is 0 Å². The van der Waals surface area contributed by atoms with E-state index in [2.05, 4.69) is 27.5 Å². The van der Waals surface area contributed by atoms with Crippen molar-refractivity contribution in [2.24, 2.45) is 23.2 Å². The standard InChI is InChI=1S/C20H28N2O2S2/c23-18(21-2-4-26-13-14-1-3-25-12-14)11-22-19(24)20-8-15-5-16(9-20)7-17(6-15)10-20/h1,3,12,15-17H,2,4-11,13H2,(H,21,23)(H,22,24). The Labute approximate surface area is 163 Å². The molecule has 2 N–H and O–H groups in total. The van der Waals surface area contributed by atoms with Crippen molar-refractivity contribution < 1.29 is 9.59 Å². The molecule has 0 aliphatic heterocycles. The molecule has 0 saturated heterocycles. The van der Waals surface area contributed by atoms with Crippen molar-refractivity contribution in [3.05, 3.63) is 22.4 Å². The minimum absolute atomic E-state index is 0.0702. The predicted octanol–water partition coefficient (Wildman–Crippen LogP) is 3.43. The van der Waals surface area contributed by atoms with E-state index in [0.717, 1.165) is 48.5 Å². The zero-order valence-corrected chi connectivity index (χ0v) is 16.8. The Kier molecular flexibility index (Phi) is 5.60. The van der Waals surface area contributed by atoms with Gasteiger partial charge in [0.25, 0.3) is 0 Å². The lowest BCUT2D eigenvalue weighted by Crippen LogP contribution is -2.54. The minimum atomic E-state index is -0.161. The Bertz CT molecular complexity index is 609. The zero-order valence-electron chi connectivity index (χ0n) is 15.2. The normalized spacial score (nSPS) is 31.8. The molecular formula is C20H28N2O2S2. The number of thiophene rings is 1. The second-order valence-electron chi connectivity index (χ2n) is 8.41. The minimum Gasteiger partial charge on any atom is -0.354 e. The highest BCUT2D eigenvalue weighted by atomic mass is 32.2. The van der Waals surface area contributed by atoms with E-state index >= 15 is 0 Å². The highest BCUT2D eigenvalue weighted by Crippen LogP contribution is 2.60. The molecule has 4 nitrogen and oxygen atoms in total. The van der Waals surface area contributed by atoms with Crippen molar-refractivity contribution in [3.63, 3.8) is 0 Å². The van der Waals surface area contributed by atoms with Crippen LogP contribution in [0.3, 0.4) is 0 Å². The van der Waals surface area contributed by atoms with Crippen LogP contribution in [0.25, 0.3) is 0 Å². The highest BCUT2D eigenvalue weighted by Gasteiger charge is 2.54. The molecule has 26 heavy (non-hydrogen) atoms. The first kappa shape index (κ1) is 18.4. The molecule has 2 amide bonds. The van der Waals surface area contributed by atoms with Crippen molar-refractivity contribution in [2.75, 3.05) is 18.8 Å². The number of carbonyl (C=O) groups is 2. The van der Waals surface area contributed by atoms with Crippen LogP contribution in [0.2, 0.25) is 0 Å². The van der Waals surface area contributed by atoms with E-state index in [-0.39, 0.29) is 23.8 Å². The Balaban J connectivity index is 1.15. The Morgan fingerprint density at radius 2 is 1.81 bits per heavy atom. The van der Waals surface area contributed by atoms with E-state index in [1.807, 2.05) is 11.8 Å². The summed E-state index contributed by atoms with van der Waals surface area (Å²) < 4.78 is 0. The van der Waals surface area contributed by atoms with Crippen molar-refractivity contribution in [1.29, 1.82) is 0 Å². The molecule has 4 aliphatic rings. The Morgan fingerprint density at radius 1 is 1.12 bits per heavy atom. The summed E-state index contributed by atoms with van der Waals surface area (Å²) >= 11 is 3.53. The molecular weight excluding hydrogens is 364 g/mol. The molecule has 6 heteroatoms. The number of hydrogen-bond acceptors (Lipinski definition) is 4. The number of carbonyl (C=O) groups excluding carboxylic acids is 2. The number of thioether (sulfide) groups is 1. The quantitative estimate of drug-likeness (QED) is 0.667. The lowest BCUT2D eigenvalue weighted by Gasteiger charge is -2.55. The third-order valence-electron chi connectivity index (χ3n) is 6.35. The lowest BCUT2D eigenvalue weighted by molar-refractivity contribution is -0.147. The molecule has 4 bridgehead atoms. The van der Waals surface area contributed by atoms with Crippen LogP contribution >= 0.6 is 23.1 Å². The summed E-state index contributed by atoms with van der Waals surface area (Å²) in [5.41, 5.74) is 1.18. The maximum Gasteiger partial charge on any atom is 0.239 e. The van der Waals surface area contributed by atoms with Gasteiger partial charge in [0.2, 0.25) is 11.8 Å². The van der Waals surface area contributed by atoms with Crippen LogP contribution in [-0.2, 0) is 15.3 Å². The van der Waals surface area contributed by atoms with Crippen LogP contribution in [0, 0.1) is 23.2 Å². The van der Waals surface area contributed by atoms with E-state index in [0.29, 0.717) is 6.54 Å². The molecule has 1 aromatic rings. The average molecular weight is 393 g/mol. The van der Waals surface area contributed by atoms with E-state index in [1.54, 1.807) is 11.3 Å². The van der Waals surface area contributed by atoms with Gasteiger partial charge in [-0.2, -0.15) is 23.1 Å². The van der Waals surface area contributed by atoms with Gasteiger partial charge >= 0.3 is 0 Å². The van der Waals surface area contributed by atoms with E-state index in [9.17, 15) is 9.59 Å². The summed E-state index contributed by atoms with van der Waals surface area (Å²) in [7, 11) is 0. The van der Waals surface area contributed by atoms with E-state index < -0.39 is 0 Å². The first-order chi connectivity index (χ1) is 12.6. The number of hydrogen-bond donors (Lipinski definition) is 2. The Morgan fingerprint density at radius 3 is 2.42 bits per heavy atom. The number of rotatable bonds is 8. The molecule has 4 fully saturated rings. The van der Waals surface area contributed by atoms with Crippen LogP contribution in [0.5, 0.6) is 0 Å². The average Bonchev–Trinajstić information content (AvgIpc) is 3.11. The van der Waals surface area contributed by atoms with Crippen molar-refractivity contribution >= 4 is 34.9 Å². The van der Waals surface area contributed by atoms with Gasteiger partial charge in [-0.1, -0.05) is 0 Å². The smallest absolute Gasteiger partial charge is 0.239 e. The van der Waals surface area contributed by atoms with Gasteiger partial charge in [0, 0.05) is 23.5 Å². The summed E-state index contributed by atoms with van der Waals surface area (Å²) in [6.07, 6.45) is 7.13. The van der Waals surface area contributed by atoms with Crippen LogP contribution in [0.1, 0.15) is 44.1 Å². The van der Waals surface area contributed by atoms with Crippen LogP contribution in [0.15, 0.2) is 16.8 Å². The van der Waals surface area contributed by atoms with Gasteiger partial charge in [-0.25, -0.2) is 0 Å². The molecule has 5 rings (SSSR count). The second kappa shape index (κ2) is 7.93. The lowest BCUT2D eigenvalue weighted by atomic mass is 9.49. The molecule has 1 heterocycles. The topological polar surface area (TPSA) is 58.2 Å². The maximum atomic E-state index is 12.8. The maximum absolute atomic E-state index is 12.8. The largest absolute Gasteiger partial charge is 0.354 e. The van der Waals surface area contributed by atoms with Gasteiger partial charge in [-0.3, -0.25) is 9.59 Å². The van der Waals surface area contributed by atoms with Crippen molar-refractivity contribution in [1.82, 2.24) is 10.6 Å². The first-order valence-corrected chi connectivity index (χ1v) is 11.9. The van der Waals surface area contributed by atoms with Crippen molar-refractivity contribution in [3.8, 4) is 0 Å². The SMILES string of the molecule is O=C(CNC(=O)C12CC3CC(CC(C3)C1)C2)NCCSCc1ccsc1. The molecule has 0 radical (unpaired) electrons. The van der Waals surface area contributed by atoms with Gasteiger partial charge in [0.1, 0.15) is 0 Å². The fourth-order valence-corrected chi connectivity index (χ4v) is 7.21. The van der Waals surface area contributed by atoms with Crippen LogP contribution in [-0.4, -0.2) is 30.7 Å². The molecule has 0 unspecified atom stereocenters. The molecule has 0 atom stereocenters. The Hall–Kier alpha value is -1.01. The molecule has 0 aromatic carbocycles. The first-order valence-electron chi connectivity index (χ1n) is 9.77. The van der Waals surface area contributed by atoms with E-state index in [1.165, 1.54) is 24.8 Å². The number of amides is 2. The summed E-state index contributed by atoms with van der Waals surface area (Å²) in [6, 6.07) is 2.14. The third kappa shape index (κ3) is 4.11. The van der Waals surface area contributed by atoms with Crippen LogP contribution < -0.4 is 10.6 Å². The molecule has 0 spiro atoms. The summed E-state index contributed by atoms with van der Waals surface area (Å²) in [4.78, 5) is 24.8. The molecule has 142 valence electrons. The molecule has 4 saturated carbocycles. The van der Waals surface area contributed by atoms with E-state index in [4.69, 9.17) is 0 Å². The predicted molar refractivity (Wildman–Crippen MR) is 107 cm³/mol. The monoisotopic (exact) mass is 392 g/mol. The van der Waals surface area contributed by atoms with Crippen LogP contribution in [0.4, 0.5) is 0 Å². The van der Waals surface area contributed by atoms with Gasteiger partial charge < -0.3 is 10.6 Å².